The number of carbonyl (C=O) groups excluding carboxylic acids is 1. The van der Waals surface area contributed by atoms with Gasteiger partial charge in [0.1, 0.15) is 0 Å². The number of unbranched alkanes of at least 4 members (excludes halogenated alkanes) is 1. The van der Waals surface area contributed by atoms with Gasteiger partial charge in [0.25, 0.3) is 0 Å². The molecule has 148 valence electrons. The Labute approximate surface area is 145 Å². The molecule has 3 N–H and O–H groups in total. The number of ether oxygens (including phenoxy) is 4. The highest BCUT2D eigenvalue weighted by atomic mass is 16.5. The smallest absolute Gasteiger partial charge is 0.302 e. The van der Waals surface area contributed by atoms with Crippen molar-refractivity contribution < 1.29 is 39.1 Å². The van der Waals surface area contributed by atoms with Crippen LogP contribution in [0.5, 0.6) is 0 Å². The summed E-state index contributed by atoms with van der Waals surface area (Å²) in [5, 5.41) is 24.5. The van der Waals surface area contributed by atoms with Gasteiger partial charge in [-0.1, -0.05) is 13.3 Å². The highest BCUT2D eigenvalue weighted by molar-refractivity contribution is 5.65. The van der Waals surface area contributed by atoms with E-state index in [1.807, 2.05) is 0 Å². The molecule has 0 radical (unpaired) electrons. The van der Waals surface area contributed by atoms with E-state index in [9.17, 15) is 4.79 Å². The van der Waals surface area contributed by atoms with Crippen LogP contribution >= 0.6 is 0 Å². The SMILES string of the molecule is CCCCOCCOCCO.CCOC(C)=O.OCCOCCO. The van der Waals surface area contributed by atoms with Crippen LogP contribution in [0.25, 0.3) is 0 Å². The maximum absolute atomic E-state index is 9.82. The Kier molecular flexibility index (Phi) is 35.2. The summed E-state index contributed by atoms with van der Waals surface area (Å²) < 4.78 is 19.2. The summed E-state index contributed by atoms with van der Waals surface area (Å²) in [7, 11) is 0. The fraction of sp³-hybridized carbons (Fsp3) is 0.938. The predicted octanol–water partition coefficient (Wildman–Crippen LogP) is 0.369. The second-order valence-electron chi connectivity index (χ2n) is 4.29. The summed E-state index contributed by atoms with van der Waals surface area (Å²) in [5.74, 6) is -0.211. The first kappa shape index (κ1) is 28.1. The highest BCUT2D eigenvalue weighted by Gasteiger charge is 1.87. The zero-order chi connectivity index (χ0) is 18.9. The van der Waals surface area contributed by atoms with E-state index in [4.69, 9.17) is 24.8 Å². The van der Waals surface area contributed by atoms with Crippen LogP contribution in [0.1, 0.15) is 33.6 Å². The molecular weight excluding hydrogens is 320 g/mol. The van der Waals surface area contributed by atoms with Gasteiger partial charge in [-0.15, -0.1) is 0 Å². The lowest BCUT2D eigenvalue weighted by Gasteiger charge is -2.02. The van der Waals surface area contributed by atoms with E-state index in [1.165, 1.54) is 6.92 Å². The average molecular weight is 356 g/mol. The van der Waals surface area contributed by atoms with Gasteiger partial charge in [-0.2, -0.15) is 0 Å². The molecule has 0 aromatic heterocycles. The lowest BCUT2D eigenvalue weighted by Crippen LogP contribution is -2.07. The van der Waals surface area contributed by atoms with E-state index in [-0.39, 0.29) is 25.8 Å². The molecule has 0 saturated carbocycles. The van der Waals surface area contributed by atoms with Crippen molar-refractivity contribution in [3.8, 4) is 0 Å². The third-order valence-corrected chi connectivity index (χ3v) is 2.07. The van der Waals surface area contributed by atoms with Gasteiger partial charge in [-0.25, -0.2) is 0 Å². The first-order chi connectivity index (χ1) is 11.6. The summed E-state index contributed by atoms with van der Waals surface area (Å²) in [6, 6.07) is 0. The Balaban J connectivity index is -0.000000294. The average Bonchev–Trinajstić information content (AvgIpc) is 2.56. The minimum atomic E-state index is -0.211. The Morgan fingerprint density at radius 2 is 1.17 bits per heavy atom. The van der Waals surface area contributed by atoms with Crippen LogP contribution in [-0.2, 0) is 23.7 Å². The molecule has 0 aliphatic rings. The maximum Gasteiger partial charge on any atom is 0.302 e. The Hall–Kier alpha value is -0.770. The second-order valence-corrected chi connectivity index (χ2v) is 4.29. The minimum Gasteiger partial charge on any atom is -0.466 e. The lowest BCUT2D eigenvalue weighted by atomic mass is 10.4. The summed E-state index contributed by atoms with van der Waals surface area (Å²) in [6.07, 6.45) is 2.28. The number of carbonyl (C=O) groups is 1. The van der Waals surface area contributed by atoms with E-state index >= 15 is 0 Å². The van der Waals surface area contributed by atoms with Gasteiger partial charge in [-0.3, -0.25) is 4.79 Å². The Morgan fingerprint density at radius 1 is 0.750 bits per heavy atom. The van der Waals surface area contributed by atoms with Gasteiger partial charge in [-0.05, 0) is 13.3 Å². The van der Waals surface area contributed by atoms with E-state index in [0.717, 1.165) is 19.4 Å². The van der Waals surface area contributed by atoms with Crippen molar-refractivity contribution in [3.63, 3.8) is 0 Å². The largest absolute Gasteiger partial charge is 0.466 e. The van der Waals surface area contributed by atoms with Gasteiger partial charge in [0, 0.05) is 13.5 Å². The summed E-state index contributed by atoms with van der Waals surface area (Å²) >= 11 is 0. The molecule has 0 heterocycles. The highest BCUT2D eigenvalue weighted by Crippen LogP contribution is 1.87. The van der Waals surface area contributed by atoms with Crippen LogP contribution in [0.15, 0.2) is 0 Å². The zero-order valence-corrected chi connectivity index (χ0v) is 15.4. The number of esters is 1. The molecule has 8 nitrogen and oxygen atoms in total. The van der Waals surface area contributed by atoms with Crippen molar-refractivity contribution in [2.24, 2.45) is 0 Å². The quantitative estimate of drug-likeness (QED) is 0.320. The van der Waals surface area contributed by atoms with Crippen molar-refractivity contribution in [2.75, 3.05) is 66.1 Å². The fourth-order valence-electron chi connectivity index (χ4n) is 1.07. The molecule has 0 bridgehead atoms. The number of aliphatic hydroxyl groups is 3. The molecule has 0 unspecified atom stereocenters. The molecule has 0 fully saturated rings. The number of hydrogen-bond acceptors (Lipinski definition) is 8. The molecule has 0 aliphatic heterocycles. The predicted molar refractivity (Wildman–Crippen MR) is 90.9 cm³/mol. The molecule has 0 aromatic rings. The van der Waals surface area contributed by atoms with Crippen LogP contribution < -0.4 is 0 Å². The summed E-state index contributed by atoms with van der Waals surface area (Å²) in [4.78, 5) is 9.82. The zero-order valence-electron chi connectivity index (χ0n) is 15.4. The van der Waals surface area contributed by atoms with Crippen molar-refractivity contribution in [3.05, 3.63) is 0 Å². The van der Waals surface area contributed by atoms with Crippen LogP contribution in [0.2, 0.25) is 0 Å². The molecule has 0 atom stereocenters. The monoisotopic (exact) mass is 356 g/mol. The molecular formula is C16H36O8. The standard InChI is InChI=1S/C8H18O3.C4H10O3.C4H8O2/c1-2-3-5-10-7-8-11-6-4-9;5-1-3-7-4-2-6;1-3-6-4(2)5/h9H,2-8H2,1H3;5-6H,1-4H2;3H2,1-2H3. The molecule has 0 amide bonds. The van der Waals surface area contributed by atoms with Crippen LogP contribution in [-0.4, -0.2) is 87.4 Å². The van der Waals surface area contributed by atoms with Gasteiger partial charge in [0.15, 0.2) is 0 Å². The van der Waals surface area contributed by atoms with Gasteiger partial charge in [0.05, 0.1) is 59.5 Å². The fourth-order valence-corrected chi connectivity index (χ4v) is 1.07. The van der Waals surface area contributed by atoms with Crippen molar-refractivity contribution in [2.45, 2.75) is 33.6 Å². The molecule has 0 aliphatic carbocycles. The Morgan fingerprint density at radius 3 is 1.46 bits per heavy atom. The molecule has 0 spiro atoms. The van der Waals surface area contributed by atoms with Crippen LogP contribution in [0, 0.1) is 0 Å². The molecule has 0 aromatic carbocycles. The van der Waals surface area contributed by atoms with E-state index in [2.05, 4.69) is 16.4 Å². The van der Waals surface area contributed by atoms with E-state index < -0.39 is 0 Å². The van der Waals surface area contributed by atoms with Crippen molar-refractivity contribution in [1.29, 1.82) is 0 Å². The normalized spacial score (nSPS) is 9.42. The summed E-state index contributed by atoms with van der Waals surface area (Å²) in [5.41, 5.74) is 0. The van der Waals surface area contributed by atoms with E-state index in [0.29, 0.717) is 39.6 Å². The van der Waals surface area contributed by atoms with Gasteiger partial charge < -0.3 is 34.3 Å². The second kappa shape index (κ2) is 30.1. The van der Waals surface area contributed by atoms with Crippen molar-refractivity contribution in [1.82, 2.24) is 0 Å². The Bertz CT molecular complexity index is 202. The summed E-state index contributed by atoms with van der Waals surface area (Å²) in [6.45, 7) is 9.03. The molecule has 0 rings (SSSR count). The third-order valence-electron chi connectivity index (χ3n) is 2.07. The van der Waals surface area contributed by atoms with Crippen molar-refractivity contribution >= 4 is 5.97 Å². The number of aliphatic hydroxyl groups excluding tert-OH is 3. The first-order valence-electron chi connectivity index (χ1n) is 8.29. The number of rotatable bonds is 13. The van der Waals surface area contributed by atoms with Gasteiger partial charge >= 0.3 is 5.97 Å². The maximum atomic E-state index is 9.82. The third kappa shape index (κ3) is 42.9. The molecule has 24 heavy (non-hydrogen) atoms. The first-order valence-corrected chi connectivity index (χ1v) is 8.29. The topological polar surface area (TPSA) is 115 Å². The van der Waals surface area contributed by atoms with Crippen LogP contribution in [0.3, 0.4) is 0 Å². The number of hydrogen-bond donors (Lipinski definition) is 3. The van der Waals surface area contributed by atoms with Gasteiger partial charge in [0.2, 0.25) is 0 Å². The molecule has 8 heteroatoms. The van der Waals surface area contributed by atoms with E-state index in [1.54, 1.807) is 6.92 Å². The lowest BCUT2D eigenvalue weighted by molar-refractivity contribution is -0.140. The molecule has 0 saturated heterocycles. The minimum absolute atomic E-state index is 0.0278. The van der Waals surface area contributed by atoms with Crippen LogP contribution in [0.4, 0.5) is 0 Å².